The van der Waals surface area contributed by atoms with Crippen LogP contribution in [0.2, 0.25) is 0 Å². The Morgan fingerprint density at radius 2 is 1.72 bits per heavy atom. The van der Waals surface area contributed by atoms with Crippen LogP contribution in [0.15, 0.2) is 23.0 Å². The van der Waals surface area contributed by atoms with Crippen molar-refractivity contribution < 1.29 is 34.8 Å². The second kappa shape index (κ2) is 11.3. The van der Waals surface area contributed by atoms with Crippen molar-refractivity contribution in [2.75, 3.05) is 39.1 Å². The molecule has 1 heterocycles. The summed E-state index contributed by atoms with van der Waals surface area (Å²) in [6.07, 6.45) is 4.93. The van der Waals surface area contributed by atoms with Gasteiger partial charge in [-0.05, 0) is 89.8 Å². The number of amides is 1. The summed E-state index contributed by atoms with van der Waals surface area (Å²) in [5.41, 5.74) is 4.45. The van der Waals surface area contributed by atoms with E-state index in [4.69, 9.17) is 5.73 Å². The Hall–Kier alpha value is -3.41. The van der Waals surface area contributed by atoms with Crippen molar-refractivity contribution in [2.24, 2.45) is 17.6 Å². The molecule has 0 bridgehead atoms. The molecule has 1 saturated heterocycles. The molecule has 0 spiro atoms. The number of aromatic hydroxyl groups is 1. The molecule has 11 heteroatoms. The molecule has 4 aliphatic rings. The van der Waals surface area contributed by atoms with Crippen molar-refractivity contribution in [3.63, 3.8) is 0 Å². The summed E-state index contributed by atoms with van der Waals surface area (Å²) < 4.78 is 0. The highest BCUT2D eigenvalue weighted by molar-refractivity contribution is 6.24. The van der Waals surface area contributed by atoms with Crippen LogP contribution in [0.25, 0.3) is 5.76 Å². The number of primary amides is 1. The fourth-order valence-electron chi connectivity index (χ4n) is 7.72. The van der Waals surface area contributed by atoms with Gasteiger partial charge in [-0.15, -0.1) is 0 Å². The molecule has 4 atom stereocenters. The number of likely N-dealkylation sites (tertiary alicyclic amines) is 1. The molecule has 1 aromatic rings. The van der Waals surface area contributed by atoms with Gasteiger partial charge in [-0.3, -0.25) is 24.2 Å². The molecular weight excluding hydrogens is 552 g/mol. The smallest absolute Gasteiger partial charge is 0.255 e. The minimum absolute atomic E-state index is 0.0632. The fraction of sp³-hybridized carbons (Fsp3) is 0.594. The summed E-state index contributed by atoms with van der Waals surface area (Å²) in [5.74, 6) is -6.45. The molecule has 3 aliphatic carbocycles. The Labute approximate surface area is 252 Å². The molecular formula is C32H44N4O7. The van der Waals surface area contributed by atoms with Crippen LogP contribution in [0.3, 0.4) is 0 Å². The molecule has 6 N–H and O–H groups in total. The lowest BCUT2D eigenvalue weighted by Gasteiger charge is -2.50. The lowest BCUT2D eigenvalue weighted by Crippen LogP contribution is -2.65. The molecule has 0 aromatic heterocycles. The molecule has 5 rings (SSSR count). The first-order valence-corrected chi connectivity index (χ1v) is 15.2. The van der Waals surface area contributed by atoms with Crippen molar-refractivity contribution in [1.82, 2.24) is 9.80 Å². The number of nitrogens with two attached hydrogens (primary N) is 1. The van der Waals surface area contributed by atoms with Crippen LogP contribution in [0.4, 0.5) is 5.69 Å². The molecule has 1 aliphatic heterocycles. The molecule has 1 amide bonds. The molecule has 1 saturated carbocycles. The van der Waals surface area contributed by atoms with Gasteiger partial charge in [-0.25, -0.2) is 0 Å². The highest BCUT2D eigenvalue weighted by atomic mass is 16.3. The number of rotatable bonds is 6. The number of ketones is 2. The number of Topliss-reactive ketones (excluding diaryl/α,β-unsaturated/α-hetero) is 2. The minimum Gasteiger partial charge on any atom is -0.508 e. The highest BCUT2D eigenvalue weighted by Gasteiger charge is 2.64. The maximum atomic E-state index is 14.1. The Morgan fingerprint density at radius 3 is 2.28 bits per heavy atom. The van der Waals surface area contributed by atoms with E-state index in [9.17, 15) is 34.8 Å². The lowest BCUT2D eigenvalue weighted by molar-refractivity contribution is -0.153. The van der Waals surface area contributed by atoms with E-state index < -0.39 is 58.0 Å². The summed E-state index contributed by atoms with van der Waals surface area (Å²) in [4.78, 5) is 45.8. The zero-order chi connectivity index (χ0) is 31.5. The molecule has 43 heavy (non-hydrogen) atoms. The quantitative estimate of drug-likeness (QED) is 0.307. The summed E-state index contributed by atoms with van der Waals surface area (Å²) in [7, 11) is 5.16. The molecule has 0 radical (unpaired) electrons. The predicted molar refractivity (Wildman–Crippen MR) is 162 cm³/mol. The number of likely N-dealkylation sites (N-methyl/N-ethyl adjacent to an activating group) is 1. The van der Waals surface area contributed by atoms with Crippen LogP contribution in [0.1, 0.15) is 62.6 Å². The Kier molecular flexibility index (Phi) is 8.12. The van der Waals surface area contributed by atoms with E-state index in [0.29, 0.717) is 12.1 Å². The number of hydrogen-bond acceptors (Lipinski definition) is 10. The molecule has 234 valence electrons. The van der Waals surface area contributed by atoms with Crippen LogP contribution < -0.4 is 10.6 Å². The number of aliphatic hydroxyl groups is 3. The number of carbonyl (C=O) groups is 3. The zero-order valence-corrected chi connectivity index (χ0v) is 25.7. The van der Waals surface area contributed by atoms with Crippen molar-refractivity contribution in [3.8, 4) is 5.75 Å². The molecule has 1 aromatic carbocycles. The number of nitrogens with zero attached hydrogens (tertiary/aromatic N) is 3. The first-order valence-electron chi connectivity index (χ1n) is 15.2. The van der Waals surface area contributed by atoms with Crippen LogP contribution in [0.5, 0.6) is 5.75 Å². The number of phenols is 1. The van der Waals surface area contributed by atoms with E-state index in [1.807, 2.05) is 7.05 Å². The van der Waals surface area contributed by atoms with Gasteiger partial charge in [-0.2, -0.15) is 0 Å². The average Bonchev–Trinajstić information content (AvgIpc) is 3.18. The van der Waals surface area contributed by atoms with Gasteiger partial charge in [0.05, 0.1) is 11.6 Å². The standard InChI is InChI=1S/C32H44N4O7/c1-16(2)35(5)25-18(15-36-10-8-6-7-9-11-36)14-21(37)23-19(25)12-17-13-20-26(34(3)4)28(39)24(31(33)42)30(41)32(20,43)29(40)22(17)27(23)38/h14,16-17,20,26,37-38,41,43H,6-13,15H2,1-5H3,(H2,33,42)/t17-,20-,26-,32-/m0/s1. The van der Waals surface area contributed by atoms with Gasteiger partial charge >= 0.3 is 0 Å². The Bertz CT molecular complexity index is 1420. The normalized spacial score (nSPS) is 28.1. The Morgan fingerprint density at radius 1 is 1.09 bits per heavy atom. The fourth-order valence-corrected chi connectivity index (χ4v) is 7.72. The largest absolute Gasteiger partial charge is 0.508 e. The van der Waals surface area contributed by atoms with E-state index in [1.165, 1.54) is 17.7 Å². The van der Waals surface area contributed by atoms with Crippen LogP contribution >= 0.6 is 0 Å². The summed E-state index contributed by atoms with van der Waals surface area (Å²) in [6.45, 7) is 6.66. The number of carbonyl (C=O) groups excluding carboxylic acids is 3. The lowest BCUT2D eigenvalue weighted by atomic mass is 9.57. The maximum absolute atomic E-state index is 14.1. The number of hydrogen-bond donors (Lipinski definition) is 5. The number of fused-ring (bicyclic) bond motifs is 3. The summed E-state index contributed by atoms with van der Waals surface area (Å²) >= 11 is 0. The predicted octanol–water partition coefficient (Wildman–Crippen LogP) is 2.18. The number of aliphatic hydroxyl groups excluding tert-OH is 2. The van der Waals surface area contributed by atoms with Gasteiger partial charge in [0.25, 0.3) is 5.91 Å². The zero-order valence-electron chi connectivity index (χ0n) is 25.7. The first kappa shape index (κ1) is 31.0. The van der Waals surface area contributed by atoms with E-state index in [2.05, 4.69) is 23.6 Å². The molecule has 2 fully saturated rings. The summed E-state index contributed by atoms with van der Waals surface area (Å²) in [6, 6.07) is 0.632. The van der Waals surface area contributed by atoms with Crippen LogP contribution in [0, 0.1) is 11.8 Å². The SMILES string of the molecule is CC(C)N(C)c1c(CN2CCCCCC2)cc(O)c2c1C[C@H]1C[C@H]3[C@H](N(C)C)C(=O)C(C(N)=O)=C(O)[C@@]3(O)C(=O)C1=C2O. The Balaban J connectivity index is 1.70. The topological polar surface area (TPSA) is 168 Å². The van der Waals surface area contributed by atoms with Gasteiger partial charge in [-0.1, -0.05) is 12.8 Å². The average molecular weight is 597 g/mol. The van der Waals surface area contributed by atoms with Crippen molar-refractivity contribution >= 4 is 28.9 Å². The molecule has 0 unspecified atom stereocenters. The monoisotopic (exact) mass is 596 g/mol. The van der Waals surface area contributed by atoms with Gasteiger partial charge in [0.2, 0.25) is 5.78 Å². The first-order chi connectivity index (χ1) is 20.2. The van der Waals surface area contributed by atoms with E-state index >= 15 is 0 Å². The number of anilines is 1. The van der Waals surface area contributed by atoms with Crippen molar-refractivity contribution in [1.29, 1.82) is 0 Å². The molecule has 11 nitrogen and oxygen atoms in total. The van der Waals surface area contributed by atoms with E-state index in [-0.39, 0.29) is 35.8 Å². The highest BCUT2D eigenvalue weighted by Crippen LogP contribution is 2.54. The third-order valence-corrected chi connectivity index (χ3v) is 9.99. The van der Waals surface area contributed by atoms with Gasteiger partial charge in [0, 0.05) is 36.8 Å². The van der Waals surface area contributed by atoms with E-state index in [0.717, 1.165) is 37.2 Å². The van der Waals surface area contributed by atoms with Gasteiger partial charge in [0.1, 0.15) is 22.8 Å². The second-order valence-electron chi connectivity index (χ2n) is 13.1. The van der Waals surface area contributed by atoms with Gasteiger partial charge in [0.15, 0.2) is 11.4 Å². The number of benzene rings is 1. The van der Waals surface area contributed by atoms with Crippen molar-refractivity contribution in [3.05, 3.63) is 39.7 Å². The second-order valence-corrected chi connectivity index (χ2v) is 13.1. The van der Waals surface area contributed by atoms with Crippen molar-refractivity contribution in [2.45, 2.75) is 76.6 Å². The summed E-state index contributed by atoms with van der Waals surface area (Å²) in [5, 5.41) is 46.0. The minimum atomic E-state index is -2.65. The van der Waals surface area contributed by atoms with Gasteiger partial charge < -0.3 is 31.1 Å². The van der Waals surface area contributed by atoms with Crippen LogP contribution in [-0.2, 0) is 27.3 Å². The third kappa shape index (κ3) is 4.81. The number of phenolic OH excluding ortho intramolecular Hbond substituents is 1. The third-order valence-electron chi connectivity index (χ3n) is 9.99. The maximum Gasteiger partial charge on any atom is 0.255 e. The van der Waals surface area contributed by atoms with Crippen LogP contribution in [-0.4, -0.2) is 99.6 Å². The van der Waals surface area contributed by atoms with E-state index in [1.54, 1.807) is 20.2 Å².